The highest BCUT2D eigenvalue weighted by Crippen LogP contribution is 2.16. The van der Waals surface area contributed by atoms with Crippen LogP contribution in [0.2, 0.25) is 0 Å². The molecular formula is C19H26N6O2. The number of amides is 2. The molecule has 1 aromatic carbocycles. The largest absolute Gasteiger partial charge is 0.338 e. The van der Waals surface area contributed by atoms with Crippen LogP contribution in [0.1, 0.15) is 11.6 Å². The zero-order chi connectivity index (χ0) is 19.2. The number of nitrogens with one attached hydrogen (secondary N) is 2. The van der Waals surface area contributed by atoms with E-state index in [-0.39, 0.29) is 11.8 Å². The number of para-hydroxylation sites is 1. The Bertz CT molecular complexity index is 768. The van der Waals surface area contributed by atoms with Crippen LogP contribution in [0.5, 0.6) is 0 Å². The van der Waals surface area contributed by atoms with Gasteiger partial charge in [-0.05, 0) is 19.2 Å². The first-order valence-corrected chi connectivity index (χ1v) is 9.08. The molecule has 0 bridgehead atoms. The van der Waals surface area contributed by atoms with Crippen LogP contribution >= 0.6 is 0 Å². The first-order valence-electron chi connectivity index (χ1n) is 9.08. The van der Waals surface area contributed by atoms with Crippen molar-refractivity contribution >= 4 is 17.5 Å². The highest BCUT2D eigenvalue weighted by atomic mass is 16.2. The highest BCUT2D eigenvalue weighted by molar-refractivity contribution is 5.92. The molecule has 1 saturated heterocycles. The predicted octanol–water partition coefficient (Wildman–Crippen LogP) is 0.464. The van der Waals surface area contributed by atoms with Gasteiger partial charge in [0, 0.05) is 50.7 Å². The van der Waals surface area contributed by atoms with Crippen molar-refractivity contribution in [2.24, 2.45) is 7.05 Å². The van der Waals surface area contributed by atoms with Gasteiger partial charge in [-0.2, -0.15) is 5.10 Å². The van der Waals surface area contributed by atoms with Gasteiger partial charge < -0.3 is 15.5 Å². The summed E-state index contributed by atoms with van der Waals surface area (Å²) in [5.41, 5.74) is 1.65. The molecule has 1 aliphatic rings. The second kappa shape index (κ2) is 8.79. The molecule has 1 atom stereocenters. The molecule has 0 saturated carbocycles. The number of nitrogens with zero attached hydrogens (tertiary/aromatic N) is 4. The molecule has 8 nitrogen and oxygen atoms in total. The van der Waals surface area contributed by atoms with Crippen molar-refractivity contribution in [2.75, 3.05) is 45.1 Å². The Hall–Kier alpha value is -2.71. The maximum absolute atomic E-state index is 12.8. The van der Waals surface area contributed by atoms with Gasteiger partial charge in [0.15, 0.2) is 0 Å². The molecule has 1 aromatic heterocycles. The normalized spacial score (nSPS) is 16.1. The number of aromatic nitrogens is 2. The zero-order valence-corrected chi connectivity index (χ0v) is 15.8. The molecule has 3 rings (SSSR count). The maximum Gasteiger partial charge on any atom is 0.244 e. The summed E-state index contributed by atoms with van der Waals surface area (Å²) in [5.74, 6) is 0.00308. The minimum atomic E-state index is -0.397. The van der Waals surface area contributed by atoms with Crippen molar-refractivity contribution in [1.29, 1.82) is 0 Å². The molecular weight excluding hydrogens is 344 g/mol. The van der Waals surface area contributed by atoms with Crippen LogP contribution in [-0.4, -0.2) is 71.2 Å². The van der Waals surface area contributed by atoms with Gasteiger partial charge in [-0.3, -0.25) is 19.2 Å². The number of rotatable bonds is 6. The SMILES string of the molecule is CNC(C(=O)N1CCN(CC(=O)Nc2ccccc2)CC1)c1cnn(C)c1. The molecule has 0 spiro atoms. The van der Waals surface area contributed by atoms with Crippen LogP contribution in [0.3, 0.4) is 0 Å². The number of carbonyl (C=O) groups is 2. The van der Waals surface area contributed by atoms with E-state index in [4.69, 9.17) is 0 Å². The average Bonchev–Trinajstić information content (AvgIpc) is 3.09. The Balaban J connectivity index is 1.49. The number of aryl methyl sites for hydroxylation is 1. The van der Waals surface area contributed by atoms with E-state index in [1.54, 1.807) is 17.9 Å². The Morgan fingerprint density at radius 2 is 1.85 bits per heavy atom. The lowest BCUT2D eigenvalue weighted by molar-refractivity contribution is -0.135. The van der Waals surface area contributed by atoms with E-state index in [2.05, 4.69) is 20.6 Å². The zero-order valence-electron chi connectivity index (χ0n) is 15.8. The predicted molar refractivity (Wildman–Crippen MR) is 103 cm³/mol. The van der Waals surface area contributed by atoms with Crippen LogP contribution in [0.4, 0.5) is 5.69 Å². The van der Waals surface area contributed by atoms with Crippen LogP contribution in [-0.2, 0) is 16.6 Å². The lowest BCUT2D eigenvalue weighted by Crippen LogP contribution is -2.52. The van der Waals surface area contributed by atoms with E-state index in [0.717, 1.165) is 11.3 Å². The Morgan fingerprint density at radius 3 is 2.44 bits per heavy atom. The third-order valence-corrected chi connectivity index (χ3v) is 4.70. The van der Waals surface area contributed by atoms with Crippen molar-refractivity contribution in [3.8, 4) is 0 Å². The minimum absolute atomic E-state index is 0.0376. The van der Waals surface area contributed by atoms with Gasteiger partial charge in [0.05, 0.1) is 12.7 Å². The molecule has 0 radical (unpaired) electrons. The summed E-state index contributed by atoms with van der Waals surface area (Å²) < 4.78 is 1.69. The number of hydrogen-bond acceptors (Lipinski definition) is 5. The van der Waals surface area contributed by atoms with E-state index < -0.39 is 6.04 Å². The summed E-state index contributed by atoms with van der Waals surface area (Å²) in [7, 11) is 3.61. The van der Waals surface area contributed by atoms with E-state index in [9.17, 15) is 9.59 Å². The summed E-state index contributed by atoms with van der Waals surface area (Å²) in [4.78, 5) is 28.9. The fraction of sp³-hybridized carbons (Fsp3) is 0.421. The third kappa shape index (κ3) is 4.93. The van der Waals surface area contributed by atoms with Crippen molar-refractivity contribution in [1.82, 2.24) is 24.9 Å². The fourth-order valence-corrected chi connectivity index (χ4v) is 3.26. The van der Waals surface area contributed by atoms with Gasteiger partial charge in [0.2, 0.25) is 11.8 Å². The summed E-state index contributed by atoms with van der Waals surface area (Å²) in [6.07, 6.45) is 3.56. The van der Waals surface area contributed by atoms with Crippen molar-refractivity contribution < 1.29 is 9.59 Å². The summed E-state index contributed by atoms with van der Waals surface area (Å²) >= 11 is 0. The van der Waals surface area contributed by atoms with Crippen LogP contribution in [0, 0.1) is 0 Å². The number of anilines is 1. The molecule has 0 aliphatic carbocycles. The summed E-state index contributed by atoms with van der Waals surface area (Å²) in [6.45, 7) is 2.90. The van der Waals surface area contributed by atoms with Gasteiger partial charge in [-0.1, -0.05) is 18.2 Å². The van der Waals surface area contributed by atoms with Crippen molar-refractivity contribution in [3.63, 3.8) is 0 Å². The summed E-state index contributed by atoms with van der Waals surface area (Å²) in [6, 6.07) is 9.03. The van der Waals surface area contributed by atoms with Gasteiger partial charge in [-0.15, -0.1) is 0 Å². The number of benzene rings is 1. The minimum Gasteiger partial charge on any atom is -0.338 e. The Labute approximate surface area is 159 Å². The molecule has 2 aromatic rings. The second-order valence-electron chi connectivity index (χ2n) is 6.68. The van der Waals surface area contributed by atoms with Crippen molar-refractivity contribution in [2.45, 2.75) is 6.04 Å². The van der Waals surface area contributed by atoms with Crippen LogP contribution in [0.25, 0.3) is 0 Å². The summed E-state index contributed by atoms with van der Waals surface area (Å²) in [5, 5.41) is 10.1. The van der Waals surface area contributed by atoms with E-state index >= 15 is 0 Å². The first kappa shape index (κ1) is 19.1. The molecule has 1 aliphatic heterocycles. The topological polar surface area (TPSA) is 82.5 Å². The van der Waals surface area contributed by atoms with Crippen molar-refractivity contribution in [3.05, 3.63) is 48.3 Å². The molecule has 2 N–H and O–H groups in total. The van der Waals surface area contributed by atoms with E-state index in [1.165, 1.54) is 0 Å². The van der Waals surface area contributed by atoms with Gasteiger partial charge in [0.25, 0.3) is 0 Å². The highest BCUT2D eigenvalue weighted by Gasteiger charge is 2.28. The second-order valence-corrected chi connectivity index (χ2v) is 6.68. The molecule has 1 fully saturated rings. The molecule has 2 heterocycles. The smallest absolute Gasteiger partial charge is 0.244 e. The van der Waals surface area contributed by atoms with E-state index in [1.807, 2.05) is 48.5 Å². The monoisotopic (exact) mass is 370 g/mol. The quantitative estimate of drug-likeness (QED) is 0.772. The van der Waals surface area contributed by atoms with Gasteiger partial charge in [-0.25, -0.2) is 0 Å². The number of hydrogen-bond donors (Lipinski definition) is 2. The maximum atomic E-state index is 12.8. The lowest BCUT2D eigenvalue weighted by Gasteiger charge is -2.35. The molecule has 144 valence electrons. The lowest BCUT2D eigenvalue weighted by atomic mass is 10.1. The van der Waals surface area contributed by atoms with Gasteiger partial charge >= 0.3 is 0 Å². The standard InChI is InChI=1S/C19H26N6O2/c1-20-18(15-12-21-23(2)13-15)19(27)25-10-8-24(9-11-25)14-17(26)22-16-6-4-3-5-7-16/h3-7,12-13,18,20H,8-11,14H2,1-2H3,(H,22,26). The fourth-order valence-electron chi connectivity index (χ4n) is 3.26. The molecule has 2 amide bonds. The Kier molecular flexibility index (Phi) is 6.20. The Morgan fingerprint density at radius 1 is 1.15 bits per heavy atom. The molecule has 8 heteroatoms. The molecule has 27 heavy (non-hydrogen) atoms. The average molecular weight is 370 g/mol. The van der Waals surface area contributed by atoms with Crippen LogP contribution in [0.15, 0.2) is 42.7 Å². The number of likely N-dealkylation sites (N-methyl/N-ethyl adjacent to an activating group) is 1. The van der Waals surface area contributed by atoms with Gasteiger partial charge in [0.1, 0.15) is 6.04 Å². The molecule has 1 unspecified atom stereocenters. The van der Waals surface area contributed by atoms with E-state index in [0.29, 0.717) is 32.7 Å². The first-order chi connectivity index (χ1) is 13.1. The van der Waals surface area contributed by atoms with Crippen LogP contribution < -0.4 is 10.6 Å². The third-order valence-electron chi connectivity index (χ3n) is 4.70. The number of carbonyl (C=O) groups excluding carboxylic acids is 2. The number of piperazine rings is 1.